The molecule has 0 fully saturated rings. The molecular formula is C16H14N2O4S. The van der Waals surface area contributed by atoms with Crippen molar-refractivity contribution in [1.29, 1.82) is 0 Å². The van der Waals surface area contributed by atoms with Gasteiger partial charge in [0.2, 0.25) is 0 Å². The van der Waals surface area contributed by atoms with Crippen LogP contribution in [0.3, 0.4) is 0 Å². The van der Waals surface area contributed by atoms with Gasteiger partial charge in [0.25, 0.3) is 11.1 Å². The van der Waals surface area contributed by atoms with Gasteiger partial charge in [-0.1, -0.05) is 23.9 Å². The lowest BCUT2D eigenvalue weighted by atomic mass is 10.1. The zero-order valence-corrected chi connectivity index (χ0v) is 13.4. The first-order chi connectivity index (χ1) is 11.2. The zero-order valence-electron chi connectivity index (χ0n) is 12.6. The Morgan fingerprint density at radius 3 is 2.91 bits per heavy atom. The minimum Gasteiger partial charge on any atom is -0.469 e. The van der Waals surface area contributed by atoms with Crippen LogP contribution in [0.15, 0.2) is 50.7 Å². The fourth-order valence-corrected chi connectivity index (χ4v) is 2.74. The molecule has 0 aliphatic heterocycles. The molecule has 0 N–H and O–H groups in total. The number of benzene rings is 1. The number of thioether (sulfide) groups is 1. The number of hydrogen-bond donors (Lipinski definition) is 0. The van der Waals surface area contributed by atoms with Crippen molar-refractivity contribution in [3.05, 3.63) is 53.5 Å². The molecule has 0 spiro atoms. The summed E-state index contributed by atoms with van der Waals surface area (Å²) in [6, 6.07) is 9.03. The minimum atomic E-state index is -0.354. The Hall–Kier alpha value is -2.54. The third-order valence-electron chi connectivity index (χ3n) is 3.21. The van der Waals surface area contributed by atoms with Crippen LogP contribution in [0.1, 0.15) is 21.7 Å². The first-order valence-electron chi connectivity index (χ1n) is 6.85. The third kappa shape index (κ3) is 3.45. The van der Waals surface area contributed by atoms with Gasteiger partial charge in [0.05, 0.1) is 24.5 Å². The van der Waals surface area contributed by atoms with Crippen molar-refractivity contribution in [3.8, 4) is 11.5 Å². The zero-order chi connectivity index (χ0) is 16.2. The van der Waals surface area contributed by atoms with Crippen LogP contribution in [0.4, 0.5) is 0 Å². The van der Waals surface area contributed by atoms with Gasteiger partial charge in [-0.2, -0.15) is 0 Å². The number of nitrogens with zero attached hydrogens (tertiary/aromatic N) is 2. The number of carbonyl (C=O) groups excluding carboxylic acids is 1. The lowest BCUT2D eigenvalue weighted by molar-refractivity contribution is 0.0600. The second-order valence-corrected chi connectivity index (χ2v) is 5.67. The molecule has 3 rings (SSSR count). The first-order valence-corrected chi connectivity index (χ1v) is 7.84. The van der Waals surface area contributed by atoms with E-state index in [1.54, 1.807) is 24.5 Å². The van der Waals surface area contributed by atoms with E-state index in [0.717, 1.165) is 16.9 Å². The highest BCUT2D eigenvalue weighted by Crippen LogP contribution is 2.28. The summed E-state index contributed by atoms with van der Waals surface area (Å²) in [5.74, 6) is 1.42. The van der Waals surface area contributed by atoms with Gasteiger partial charge in [0, 0.05) is 5.75 Å². The topological polar surface area (TPSA) is 78.4 Å². The molecule has 0 atom stereocenters. The summed E-state index contributed by atoms with van der Waals surface area (Å²) in [6.07, 6.45) is 1.58. The Morgan fingerprint density at radius 2 is 2.17 bits per heavy atom. The largest absolute Gasteiger partial charge is 0.469 e. The summed E-state index contributed by atoms with van der Waals surface area (Å²) < 4.78 is 15.6. The Bertz CT molecular complexity index is 825. The van der Waals surface area contributed by atoms with E-state index in [1.165, 1.54) is 18.9 Å². The molecule has 7 heteroatoms. The summed E-state index contributed by atoms with van der Waals surface area (Å²) in [5.41, 5.74) is 2.28. The van der Waals surface area contributed by atoms with Crippen molar-refractivity contribution < 1.29 is 18.4 Å². The van der Waals surface area contributed by atoms with Crippen LogP contribution in [-0.2, 0) is 10.5 Å². The van der Waals surface area contributed by atoms with E-state index >= 15 is 0 Å². The van der Waals surface area contributed by atoms with Crippen LogP contribution in [0, 0.1) is 6.92 Å². The predicted octanol–water partition coefficient (Wildman–Crippen LogP) is 3.72. The summed E-state index contributed by atoms with van der Waals surface area (Å²) in [4.78, 5) is 11.5. The molecule has 0 aliphatic rings. The summed E-state index contributed by atoms with van der Waals surface area (Å²) in [5, 5.41) is 8.50. The van der Waals surface area contributed by atoms with Crippen molar-refractivity contribution in [3.63, 3.8) is 0 Å². The molecule has 0 unspecified atom stereocenters. The van der Waals surface area contributed by atoms with Gasteiger partial charge in [-0.3, -0.25) is 0 Å². The van der Waals surface area contributed by atoms with E-state index in [9.17, 15) is 4.79 Å². The minimum absolute atomic E-state index is 0.354. The fourth-order valence-electron chi connectivity index (χ4n) is 2.03. The van der Waals surface area contributed by atoms with E-state index in [4.69, 9.17) is 13.6 Å². The number of furan rings is 1. The number of rotatable bonds is 5. The molecule has 3 aromatic rings. The number of aryl methyl sites for hydroxylation is 1. The van der Waals surface area contributed by atoms with Crippen LogP contribution in [0.2, 0.25) is 0 Å². The molecule has 23 heavy (non-hydrogen) atoms. The maximum atomic E-state index is 11.5. The maximum Gasteiger partial charge on any atom is 0.337 e. The number of carbonyl (C=O) groups is 1. The van der Waals surface area contributed by atoms with Crippen LogP contribution in [-0.4, -0.2) is 23.3 Å². The van der Waals surface area contributed by atoms with Crippen molar-refractivity contribution in [2.75, 3.05) is 7.11 Å². The summed E-state index contributed by atoms with van der Waals surface area (Å²) in [6.45, 7) is 1.84. The molecule has 0 amide bonds. The summed E-state index contributed by atoms with van der Waals surface area (Å²) in [7, 11) is 1.36. The van der Waals surface area contributed by atoms with Crippen molar-refractivity contribution in [1.82, 2.24) is 10.2 Å². The van der Waals surface area contributed by atoms with Gasteiger partial charge in [-0.05, 0) is 30.7 Å². The quantitative estimate of drug-likeness (QED) is 0.521. The highest BCUT2D eigenvalue weighted by Gasteiger charge is 2.13. The van der Waals surface area contributed by atoms with Crippen LogP contribution in [0.25, 0.3) is 11.5 Å². The van der Waals surface area contributed by atoms with Crippen molar-refractivity contribution >= 4 is 17.7 Å². The molecule has 2 heterocycles. The molecule has 0 radical (unpaired) electrons. The second-order valence-electron chi connectivity index (χ2n) is 4.74. The number of esters is 1. The second kappa shape index (κ2) is 6.70. The molecule has 2 aromatic heterocycles. The molecule has 118 valence electrons. The molecule has 0 saturated carbocycles. The molecular weight excluding hydrogens is 316 g/mol. The molecule has 1 aromatic carbocycles. The van der Waals surface area contributed by atoms with E-state index in [2.05, 4.69) is 10.2 Å². The smallest absolute Gasteiger partial charge is 0.337 e. The monoisotopic (exact) mass is 330 g/mol. The SMILES string of the molecule is COC(=O)c1cccc(CSc2nnc(-c3ccoc3C)o2)c1. The normalized spacial score (nSPS) is 10.7. The Kier molecular flexibility index (Phi) is 4.47. The van der Waals surface area contributed by atoms with E-state index in [1.807, 2.05) is 19.1 Å². The van der Waals surface area contributed by atoms with E-state index in [0.29, 0.717) is 22.4 Å². The summed E-state index contributed by atoms with van der Waals surface area (Å²) >= 11 is 1.40. The number of hydrogen-bond acceptors (Lipinski definition) is 7. The Balaban J connectivity index is 1.68. The van der Waals surface area contributed by atoms with Gasteiger partial charge >= 0.3 is 5.97 Å². The number of aromatic nitrogens is 2. The van der Waals surface area contributed by atoms with E-state index < -0.39 is 0 Å². The Labute approximate surface area is 136 Å². The van der Waals surface area contributed by atoms with Crippen LogP contribution in [0.5, 0.6) is 0 Å². The lowest BCUT2D eigenvalue weighted by Gasteiger charge is -2.02. The highest BCUT2D eigenvalue weighted by atomic mass is 32.2. The lowest BCUT2D eigenvalue weighted by Crippen LogP contribution is -2.01. The average Bonchev–Trinajstić information content (AvgIpc) is 3.21. The first kappa shape index (κ1) is 15.4. The molecule has 0 aliphatic carbocycles. The van der Waals surface area contributed by atoms with Gasteiger partial charge in [-0.15, -0.1) is 10.2 Å². The predicted molar refractivity (Wildman–Crippen MR) is 84.1 cm³/mol. The van der Waals surface area contributed by atoms with Crippen molar-refractivity contribution in [2.45, 2.75) is 17.9 Å². The van der Waals surface area contributed by atoms with Crippen LogP contribution >= 0.6 is 11.8 Å². The molecule has 0 bridgehead atoms. The standard InChI is InChI=1S/C16H14N2O4S/c1-10-13(6-7-21-10)14-17-18-16(22-14)23-9-11-4-3-5-12(8-11)15(19)20-2/h3-8H,9H2,1-2H3. The molecule has 0 saturated heterocycles. The third-order valence-corrected chi connectivity index (χ3v) is 4.10. The van der Waals surface area contributed by atoms with Crippen molar-refractivity contribution in [2.24, 2.45) is 0 Å². The number of ether oxygens (including phenoxy) is 1. The van der Waals surface area contributed by atoms with Gasteiger partial charge < -0.3 is 13.6 Å². The van der Waals surface area contributed by atoms with E-state index in [-0.39, 0.29) is 5.97 Å². The Morgan fingerprint density at radius 1 is 1.30 bits per heavy atom. The van der Waals surface area contributed by atoms with Gasteiger partial charge in [-0.25, -0.2) is 4.79 Å². The van der Waals surface area contributed by atoms with Gasteiger partial charge in [0.15, 0.2) is 0 Å². The highest BCUT2D eigenvalue weighted by molar-refractivity contribution is 7.98. The number of methoxy groups -OCH3 is 1. The van der Waals surface area contributed by atoms with Gasteiger partial charge in [0.1, 0.15) is 5.76 Å². The fraction of sp³-hybridized carbons (Fsp3) is 0.188. The average molecular weight is 330 g/mol. The molecule has 6 nitrogen and oxygen atoms in total. The maximum absolute atomic E-state index is 11.5. The van der Waals surface area contributed by atoms with Crippen LogP contribution < -0.4 is 0 Å².